The van der Waals surface area contributed by atoms with Crippen molar-refractivity contribution in [3.63, 3.8) is 0 Å². The molecule has 1 N–H and O–H groups in total. The zero-order valence-corrected chi connectivity index (χ0v) is 13.4. The average molecular weight is 358 g/mol. The maximum atomic E-state index is 10.5. The molecule has 0 aromatic heterocycles. The summed E-state index contributed by atoms with van der Waals surface area (Å²) in [6.07, 6.45) is -0.816. The monoisotopic (exact) mass is 356 g/mol. The Labute approximate surface area is 131 Å². The molecule has 0 bridgehead atoms. The van der Waals surface area contributed by atoms with E-state index in [1.54, 1.807) is 25.3 Å². The standard InChI is InChI=1S/C15H14BrClO3/c1-19-13-8-10(16)4-5-11(13)15(18)9-3-6-12(17)14(7-9)20-2/h3-8,15,18H,1-2H3. The normalized spacial score (nSPS) is 12.1. The summed E-state index contributed by atoms with van der Waals surface area (Å²) in [7, 11) is 3.11. The summed E-state index contributed by atoms with van der Waals surface area (Å²) in [5.74, 6) is 1.14. The summed E-state index contributed by atoms with van der Waals surface area (Å²) in [6.45, 7) is 0. The van der Waals surface area contributed by atoms with E-state index in [9.17, 15) is 5.11 Å². The van der Waals surface area contributed by atoms with E-state index in [2.05, 4.69) is 15.9 Å². The number of aliphatic hydroxyl groups is 1. The minimum atomic E-state index is -0.816. The van der Waals surface area contributed by atoms with Crippen molar-refractivity contribution in [1.29, 1.82) is 0 Å². The van der Waals surface area contributed by atoms with E-state index in [1.165, 1.54) is 7.11 Å². The molecule has 0 fully saturated rings. The summed E-state index contributed by atoms with van der Waals surface area (Å²) in [6, 6.07) is 10.7. The van der Waals surface area contributed by atoms with Crippen LogP contribution in [0.4, 0.5) is 0 Å². The fourth-order valence-corrected chi connectivity index (χ4v) is 2.47. The van der Waals surface area contributed by atoms with Gasteiger partial charge in [0.1, 0.15) is 17.6 Å². The molecule has 20 heavy (non-hydrogen) atoms. The predicted octanol–water partition coefficient (Wildman–Crippen LogP) is 4.20. The minimum absolute atomic E-state index is 0.506. The van der Waals surface area contributed by atoms with Gasteiger partial charge in [-0.1, -0.05) is 39.7 Å². The van der Waals surface area contributed by atoms with Gasteiger partial charge >= 0.3 is 0 Å². The van der Waals surface area contributed by atoms with Crippen LogP contribution in [-0.4, -0.2) is 19.3 Å². The first-order valence-electron chi connectivity index (χ1n) is 5.91. The van der Waals surface area contributed by atoms with E-state index in [1.807, 2.05) is 18.2 Å². The van der Waals surface area contributed by atoms with Crippen LogP contribution >= 0.6 is 27.5 Å². The van der Waals surface area contributed by atoms with Crippen molar-refractivity contribution < 1.29 is 14.6 Å². The van der Waals surface area contributed by atoms with Crippen LogP contribution in [0.2, 0.25) is 5.02 Å². The van der Waals surface area contributed by atoms with Gasteiger partial charge in [-0.25, -0.2) is 0 Å². The minimum Gasteiger partial charge on any atom is -0.496 e. The molecular weight excluding hydrogens is 344 g/mol. The molecule has 2 aromatic carbocycles. The van der Waals surface area contributed by atoms with Gasteiger partial charge in [0, 0.05) is 10.0 Å². The van der Waals surface area contributed by atoms with Crippen LogP contribution in [0.5, 0.6) is 11.5 Å². The molecule has 106 valence electrons. The van der Waals surface area contributed by atoms with Crippen LogP contribution in [0.15, 0.2) is 40.9 Å². The SMILES string of the molecule is COc1cc(C(O)c2ccc(Br)cc2OC)ccc1Cl. The largest absolute Gasteiger partial charge is 0.496 e. The molecule has 0 radical (unpaired) electrons. The fraction of sp³-hybridized carbons (Fsp3) is 0.200. The van der Waals surface area contributed by atoms with Gasteiger partial charge in [-0.05, 0) is 29.8 Å². The highest BCUT2D eigenvalue weighted by atomic mass is 79.9. The van der Waals surface area contributed by atoms with Gasteiger partial charge in [-0.3, -0.25) is 0 Å². The Balaban J connectivity index is 2.43. The van der Waals surface area contributed by atoms with Crippen molar-refractivity contribution in [1.82, 2.24) is 0 Å². The molecule has 0 amide bonds. The van der Waals surface area contributed by atoms with Gasteiger partial charge in [0.05, 0.1) is 19.2 Å². The molecule has 1 atom stereocenters. The molecule has 0 saturated heterocycles. The zero-order valence-electron chi connectivity index (χ0n) is 11.1. The van der Waals surface area contributed by atoms with Gasteiger partial charge in [-0.15, -0.1) is 0 Å². The number of rotatable bonds is 4. The van der Waals surface area contributed by atoms with Crippen molar-refractivity contribution >= 4 is 27.5 Å². The third kappa shape index (κ3) is 3.08. The smallest absolute Gasteiger partial charge is 0.137 e. The lowest BCUT2D eigenvalue weighted by molar-refractivity contribution is 0.214. The average Bonchev–Trinajstić information content (AvgIpc) is 2.46. The number of methoxy groups -OCH3 is 2. The predicted molar refractivity (Wildman–Crippen MR) is 82.8 cm³/mol. The van der Waals surface area contributed by atoms with Crippen molar-refractivity contribution in [2.75, 3.05) is 14.2 Å². The third-order valence-corrected chi connectivity index (χ3v) is 3.79. The summed E-state index contributed by atoms with van der Waals surface area (Å²) in [5, 5.41) is 11.0. The van der Waals surface area contributed by atoms with Gasteiger partial charge in [0.25, 0.3) is 0 Å². The van der Waals surface area contributed by atoms with Crippen LogP contribution in [0.3, 0.4) is 0 Å². The lowest BCUT2D eigenvalue weighted by atomic mass is 10.0. The van der Waals surface area contributed by atoms with Crippen molar-refractivity contribution in [2.45, 2.75) is 6.10 Å². The van der Waals surface area contributed by atoms with E-state index in [-0.39, 0.29) is 0 Å². The van der Waals surface area contributed by atoms with Crippen molar-refractivity contribution in [3.05, 3.63) is 57.0 Å². The van der Waals surface area contributed by atoms with E-state index < -0.39 is 6.10 Å². The Hall–Kier alpha value is -1.23. The van der Waals surface area contributed by atoms with Crippen LogP contribution in [0.25, 0.3) is 0 Å². The molecule has 2 rings (SSSR count). The zero-order chi connectivity index (χ0) is 14.7. The Kier molecular flexibility index (Phi) is 4.91. The van der Waals surface area contributed by atoms with Gasteiger partial charge in [0.2, 0.25) is 0 Å². The van der Waals surface area contributed by atoms with Gasteiger partial charge in [0.15, 0.2) is 0 Å². The summed E-state index contributed by atoms with van der Waals surface area (Å²) < 4.78 is 11.4. The van der Waals surface area contributed by atoms with E-state index in [0.29, 0.717) is 27.6 Å². The molecule has 2 aromatic rings. The first-order chi connectivity index (χ1) is 9.56. The molecular formula is C15H14BrClO3. The molecule has 0 aliphatic rings. The summed E-state index contributed by atoms with van der Waals surface area (Å²) in [5.41, 5.74) is 1.37. The van der Waals surface area contributed by atoms with Crippen LogP contribution in [-0.2, 0) is 0 Å². The molecule has 0 spiro atoms. The number of hydrogen-bond acceptors (Lipinski definition) is 3. The maximum Gasteiger partial charge on any atom is 0.137 e. The van der Waals surface area contributed by atoms with E-state index in [4.69, 9.17) is 21.1 Å². The lowest BCUT2D eigenvalue weighted by Crippen LogP contribution is -2.03. The second kappa shape index (κ2) is 6.48. The third-order valence-electron chi connectivity index (χ3n) is 2.98. The number of hydrogen-bond donors (Lipinski definition) is 1. The molecule has 5 heteroatoms. The second-order valence-corrected chi connectivity index (χ2v) is 5.51. The molecule has 0 saturated carbocycles. The molecule has 1 unspecified atom stereocenters. The summed E-state index contributed by atoms with van der Waals surface area (Å²) in [4.78, 5) is 0. The van der Waals surface area contributed by atoms with Crippen LogP contribution in [0, 0.1) is 0 Å². The first kappa shape index (κ1) is 15.2. The Bertz CT molecular complexity index is 616. The van der Waals surface area contributed by atoms with E-state index in [0.717, 1.165) is 4.47 Å². The van der Waals surface area contributed by atoms with Crippen LogP contribution in [0.1, 0.15) is 17.2 Å². The highest BCUT2D eigenvalue weighted by Crippen LogP contribution is 2.35. The first-order valence-corrected chi connectivity index (χ1v) is 7.09. The highest BCUT2D eigenvalue weighted by molar-refractivity contribution is 9.10. The fourth-order valence-electron chi connectivity index (χ4n) is 1.94. The highest BCUT2D eigenvalue weighted by Gasteiger charge is 2.17. The molecule has 0 aliphatic carbocycles. The van der Waals surface area contributed by atoms with E-state index >= 15 is 0 Å². The second-order valence-electron chi connectivity index (χ2n) is 4.18. The number of ether oxygens (including phenoxy) is 2. The number of halogens is 2. The molecule has 0 aliphatic heterocycles. The Morgan fingerprint density at radius 2 is 1.75 bits per heavy atom. The lowest BCUT2D eigenvalue weighted by Gasteiger charge is -2.16. The number of benzene rings is 2. The van der Waals surface area contributed by atoms with Gasteiger partial charge in [-0.2, -0.15) is 0 Å². The van der Waals surface area contributed by atoms with Crippen molar-refractivity contribution in [3.8, 4) is 11.5 Å². The number of aliphatic hydroxyl groups excluding tert-OH is 1. The Morgan fingerprint density at radius 3 is 2.40 bits per heavy atom. The molecule has 3 nitrogen and oxygen atoms in total. The topological polar surface area (TPSA) is 38.7 Å². The summed E-state index contributed by atoms with van der Waals surface area (Å²) >= 11 is 9.36. The Morgan fingerprint density at radius 1 is 1.05 bits per heavy atom. The van der Waals surface area contributed by atoms with Crippen LogP contribution < -0.4 is 9.47 Å². The van der Waals surface area contributed by atoms with Gasteiger partial charge < -0.3 is 14.6 Å². The molecule has 0 heterocycles. The van der Waals surface area contributed by atoms with Crippen molar-refractivity contribution in [2.24, 2.45) is 0 Å². The maximum absolute atomic E-state index is 10.5. The quantitative estimate of drug-likeness (QED) is 0.891.